The van der Waals surface area contributed by atoms with Crippen molar-refractivity contribution in [2.75, 3.05) is 0 Å². The van der Waals surface area contributed by atoms with Crippen LogP contribution in [-0.2, 0) is 5.41 Å². The van der Waals surface area contributed by atoms with Crippen molar-refractivity contribution in [1.82, 2.24) is 9.97 Å². The van der Waals surface area contributed by atoms with Crippen LogP contribution in [0.15, 0.2) is 170 Å². The Bertz CT molecular complexity index is 2490. The molecule has 0 radical (unpaired) electrons. The molecule has 0 unspecified atom stereocenters. The van der Waals surface area contributed by atoms with Gasteiger partial charge in [0.25, 0.3) is 0 Å². The molecule has 0 N–H and O–H groups in total. The van der Waals surface area contributed by atoms with Crippen LogP contribution < -0.4 is 0 Å². The molecule has 0 saturated carbocycles. The lowest BCUT2D eigenvalue weighted by molar-refractivity contribution is 0.661. The smallest absolute Gasteiger partial charge is 0.160 e. The van der Waals surface area contributed by atoms with Crippen molar-refractivity contribution in [3.63, 3.8) is 0 Å². The number of nitrogens with zero attached hydrogens (tertiary/aromatic N) is 2. The molecule has 9 rings (SSSR count). The first-order chi connectivity index (χ1) is 24.0. The van der Waals surface area contributed by atoms with E-state index in [4.69, 9.17) is 9.97 Å². The van der Waals surface area contributed by atoms with Crippen LogP contribution >= 0.6 is 0 Å². The number of benzene rings is 7. The van der Waals surface area contributed by atoms with Gasteiger partial charge >= 0.3 is 0 Å². The molecule has 49 heavy (non-hydrogen) atoms. The molecule has 0 atom stereocenters. The quantitative estimate of drug-likeness (QED) is 0.190. The summed E-state index contributed by atoms with van der Waals surface area (Å²) in [5.41, 5.74) is 16.2. The molecule has 7 aromatic carbocycles. The van der Waals surface area contributed by atoms with E-state index in [0.717, 1.165) is 44.7 Å². The minimum atomic E-state index is -0.106. The minimum absolute atomic E-state index is 0.106. The maximum absolute atomic E-state index is 5.39. The molecule has 2 heteroatoms. The first-order valence-corrected chi connectivity index (χ1v) is 16.9. The zero-order valence-electron chi connectivity index (χ0n) is 27.6. The van der Waals surface area contributed by atoms with E-state index in [2.05, 4.69) is 184 Å². The van der Waals surface area contributed by atoms with E-state index in [0.29, 0.717) is 0 Å². The van der Waals surface area contributed by atoms with E-state index in [1.54, 1.807) is 0 Å². The Balaban J connectivity index is 1.16. The third-order valence-electron chi connectivity index (χ3n) is 10.1. The average Bonchev–Trinajstić information content (AvgIpc) is 3.41. The highest BCUT2D eigenvalue weighted by atomic mass is 14.9. The van der Waals surface area contributed by atoms with Gasteiger partial charge in [0.15, 0.2) is 5.82 Å². The summed E-state index contributed by atoms with van der Waals surface area (Å²) in [5, 5.41) is 1.07. The van der Waals surface area contributed by atoms with Crippen molar-refractivity contribution < 1.29 is 0 Å². The van der Waals surface area contributed by atoms with Gasteiger partial charge in [0.2, 0.25) is 0 Å². The summed E-state index contributed by atoms with van der Waals surface area (Å²) in [6, 6.07) is 60.6. The molecule has 0 saturated heterocycles. The van der Waals surface area contributed by atoms with Crippen molar-refractivity contribution in [1.29, 1.82) is 0 Å². The summed E-state index contributed by atoms with van der Waals surface area (Å²) in [6.45, 7) is 4.64. The highest BCUT2D eigenvalue weighted by Gasteiger charge is 2.37. The molecule has 232 valence electrons. The van der Waals surface area contributed by atoms with Gasteiger partial charge in [0, 0.05) is 27.5 Å². The lowest BCUT2D eigenvalue weighted by Crippen LogP contribution is -2.14. The van der Waals surface area contributed by atoms with Crippen molar-refractivity contribution in [2.45, 2.75) is 19.3 Å². The summed E-state index contributed by atoms with van der Waals surface area (Å²) in [7, 11) is 0. The van der Waals surface area contributed by atoms with Crippen LogP contribution in [0, 0.1) is 0 Å². The zero-order valence-corrected chi connectivity index (χ0v) is 27.6. The first kappa shape index (κ1) is 29.1. The average molecular weight is 627 g/mol. The zero-order chi connectivity index (χ0) is 33.0. The van der Waals surface area contributed by atoms with Crippen molar-refractivity contribution >= 4 is 10.9 Å². The van der Waals surface area contributed by atoms with Crippen LogP contribution in [0.3, 0.4) is 0 Å². The van der Waals surface area contributed by atoms with Gasteiger partial charge in [-0.25, -0.2) is 9.97 Å². The number of rotatable bonds is 5. The molecule has 1 heterocycles. The molecule has 1 aliphatic carbocycles. The standard InChI is InChI=1S/C47H34N2/c1-47(2)41-22-10-9-21-39(41)43-42(47)28-27-40-44(34-15-7-4-8-16-34)48-46(49-45(40)43)38-20-12-19-37(30-38)36-18-11-17-35(29-36)33-25-23-32(24-26-33)31-13-5-3-6-14-31/h3-30H,1-2H3. The summed E-state index contributed by atoms with van der Waals surface area (Å²) in [4.78, 5) is 10.7. The molecule has 0 bridgehead atoms. The van der Waals surface area contributed by atoms with Gasteiger partial charge in [-0.2, -0.15) is 0 Å². The van der Waals surface area contributed by atoms with E-state index in [-0.39, 0.29) is 5.41 Å². The van der Waals surface area contributed by atoms with Crippen LogP contribution in [0.2, 0.25) is 0 Å². The predicted molar refractivity (Wildman–Crippen MR) is 204 cm³/mol. The van der Waals surface area contributed by atoms with Gasteiger partial charge in [0.05, 0.1) is 11.2 Å². The SMILES string of the molecule is CC1(C)c2ccccc2-c2c1ccc1c(-c3ccccc3)nc(-c3cccc(-c4cccc(-c5ccc(-c6ccccc6)cc5)c4)c3)nc21. The van der Waals surface area contributed by atoms with Crippen molar-refractivity contribution in [3.05, 3.63) is 181 Å². The lowest BCUT2D eigenvalue weighted by Gasteiger charge is -2.21. The maximum Gasteiger partial charge on any atom is 0.160 e. The second-order valence-electron chi connectivity index (χ2n) is 13.4. The monoisotopic (exact) mass is 626 g/mol. The predicted octanol–water partition coefficient (Wildman–Crippen LogP) is 12.3. The summed E-state index contributed by atoms with van der Waals surface area (Å²) in [5.74, 6) is 0.733. The number of fused-ring (bicyclic) bond motifs is 5. The van der Waals surface area contributed by atoms with Crippen molar-refractivity contribution in [2.24, 2.45) is 0 Å². The fourth-order valence-corrected chi connectivity index (χ4v) is 7.53. The number of hydrogen-bond acceptors (Lipinski definition) is 2. The lowest BCUT2D eigenvalue weighted by atomic mass is 9.82. The van der Waals surface area contributed by atoms with Gasteiger partial charge < -0.3 is 0 Å². The Morgan fingerprint density at radius 3 is 1.59 bits per heavy atom. The molecule has 0 fully saturated rings. The Hall–Kier alpha value is -6.12. The first-order valence-electron chi connectivity index (χ1n) is 16.9. The number of hydrogen-bond donors (Lipinski definition) is 0. The Kier molecular flexibility index (Phi) is 6.84. The van der Waals surface area contributed by atoms with Crippen LogP contribution in [0.25, 0.3) is 78.1 Å². The normalized spacial score (nSPS) is 12.9. The molecule has 2 nitrogen and oxygen atoms in total. The molecule has 1 aliphatic rings. The van der Waals surface area contributed by atoms with Gasteiger partial charge in [-0.3, -0.25) is 0 Å². The van der Waals surface area contributed by atoms with Crippen LogP contribution in [0.4, 0.5) is 0 Å². The van der Waals surface area contributed by atoms with Gasteiger partial charge in [-0.15, -0.1) is 0 Å². The molecule has 0 amide bonds. The topological polar surface area (TPSA) is 25.8 Å². The highest BCUT2D eigenvalue weighted by molar-refractivity contribution is 6.05. The fraction of sp³-hybridized carbons (Fsp3) is 0.0638. The van der Waals surface area contributed by atoms with E-state index in [1.165, 1.54) is 44.5 Å². The van der Waals surface area contributed by atoms with Gasteiger partial charge in [0.1, 0.15) is 0 Å². The second-order valence-corrected chi connectivity index (χ2v) is 13.4. The van der Waals surface area contributed by atoms with E-state index in [1.807, 2.05) is 0 Å². The second kappa shape index (κ2) is 11.5. The summed E-state index contributed by atoms with van der Waals surface area (Å²) in [6.07, 6.45) is 0. The Labute approximate surface area is 287 Å². The third kappa shape index (κ3) is 4.96. The highest BCUT2D eigenvalue weighted by Crippen LogP contribution is 2.51. The van der Waals surface area contributed by atoms with Crippen LogP contribution in [0.5, 0.6) is 0 Å². The van der Waals surface area contributed by atoms with Crippen LogP contribution in [-0.4, -0.2) is 9.97 Å². The minimum Gasteiger partial charge on any atom is -0.227 e. The largest absolute Gasteiger partial charge is 0.227 e. The van der Waals surface area contributed by atoms with Gasteiger partial charge in [-0.05, 0) is 62.2 Å². The molecule has 1 aromatic heterocycles. The Morgan fingerprint density at radius 2 is 0.898 bits per heavy atom. The fourth-order valence-electron chi connectivity index (χ4n) is 7.53. The molecule has 0 aliphatic heterocycles. The Morgan fingerprint density at radius 1 is 0.388 bits per heavy atom. The van der Waals surface area contributed by atoms with E-state index in [9.17, 15) is 0 Å². The van der Waals surface area contributed by atoms with E-state index >= 15 is 0 Å². The molecule has 8 aromatic rings. The van der Waals surface area contributed by atoms with E-state index < -0.39 is 0 Å². The van der Waals surface area contributed by atoms with Gasteiger partial charge in [-0.1, -0.05) is 172 Å². The van der Waals surface area contributed by atoms with Crippen molar-refractivity contribution in [3.8, 4) is 67.2 Å². The maximum atomic E-state index is 5.39. The summed E-state index contributed by atoms with van der Waals surface area (Å²) >= 11 is 0. The molecular weight excluding hydrogens is 593 g/mol. The molecule has 0 spiro atoms. The molecular formula is C47H34N2. The summed E-state index contributed by atoms with van der Waals surface area (Å²) < 4.78 is 0. The number of aromatic nitrogens is 2. The third-order valence-corrected chi connectivity index (χ3v) is 10.1. The van der Waals surface area contributed by atoms with Crippen LogP contribution in [0.1, 0.15) is 25.0 Å².